The summed E-state index contributed by atoms with van der Waals surface area (Å²) in [6, 6.07) is 8.56. The van der Waals surface area contributed by atoms with Crippen molar-refractivity contribution >= 4 is 40.6 Å². The molecule has 0 saturated carbocycles. The van der Waals surface area contributed by atoms with Gasteiger partial charge in [-0.2, -0.15) is 0 Å². The van der Waals surface area contributed by atoms with Crippen LogP contribution in [0.2, 0.25) is 0 Å². The Morgan fingerprint density at radius 3 is 2.09 bits per heavy atom. The second-order valence-corrected chi connectivity index (χ2v) is 10.7. The third-order valence-corrected chi connectivity index (χ3v) is 6.97. The summed E-state index contributed by atoms with van der Waals surface area (Å²) >= 11 is 0. The Morgan fingerprint density at radius 2 is 1.47 bits per heavy atom. The SMILES string of the molecule is CC(C)C(NC(=O)C(CCC(=O)O)NC(=O)C(Cc1c[nH]c2ccccc12)NC(=O)C(N)Cc1ccc(O)cc1)C(=O)O. The number of carbonyl (C=O) groups is 5. The van der Waals surface area contributed by atoms with Gasteiger partial charge >= 0.3 is 11.9 Å². The molecule has 43 heavy (non-hydrogen) atoms. The van der Waals surface area contributed by atoms with Crippen LogP contribution >= 0.6 is 0 Å². The Bertz CT molecular complexity index is 1450. The third kappa shape index (κ3) is 9.30. The molecule has 0 saturated heterocycles. The number of hydrogen-bond donors (Lipinski definition) is 8. The molecule has 1 heterocycles. The number of fused-ring (bicyclic) bond motifs is 1. The predicted molar refractivity (Wildman–Crippen MR) is 157 cm³/mol. The normalized spacial score (nSPS) is 14.0. The number of nitrogens with one attached hydrogen (secondary N) is 4. The molecular weight excluding hydrogens is 558 g/mol. The van der Waals surface area contributed by atoms with Crippen LogP contribution in [0.5, 0.6) is 5.75 Å². The van der Waals surface area contributed by atoms with Crippen LogP contribution < -0.4 is 21.7 Å². The summed E-state index contributed by atoms with van der Waals surface area (Å²) in [6.45, 7) is 3.19. The van der Waals surface area contributed by atoms with Gasteiger partial charge in [-0.15, -0.1) is 0 Å². The topological polar surface area (TPSA) is 224 Å². The first kappa shape index (κ1) is 32.6. The molecule has 0 fully saturated rings. The number of benzene rings is 2. The summed E-state index contributed by atoms with van der Waals surface area (Å²) < 4.78 is 0. The number of carboxylic acid groups (broad SMARTS) is 2. The summed E-state index contributed by atoms with van der Waals surface area (Å²) in [5.41, 5.74) is 8.33. The molecule has 0 aliphatic heterocycles. The van der Waals surface area contributed by atoms with Gasteiger partial charge in [0.2, 0.25) is 17.7 Å². The van der Waals surface area contributed by atoms with Gasteiger partial charge in [0.25, 0.3) is 0 Å². The quantitative estimate of drug-likeness (QED) is 0.125. The van der Waals surface area contributed by atoms with Crippen molar-refractivity contribution in [3.05, 3.63) is 65.9 Å². The van der Waals surface area contributed by atoms with E-state index in [1.54, 1.807) is 32.2 Å². The van der Waals surface area contributed by atoms with Crippen molar-refractivity contribution in [2.24, 2.45) is 11.7 Å². The van der Waals surface area contributed by atoms with Crippen molar-refractivity contribution in [2.75, 3.05) is 0 Å². The van der Waals surface area contributed by atoms with E-state index < -0.39 is 66.2 Å². The molecule has 4 unspecified atom stereocenters. The maximum absolute atomic E-state index is 13.6. The summed E-state index contributed by atoms with van der Waals surface area (Å²) in [7, 11) is 0. The molecule has 1 aromatic heterocycles. The summed E-state index contributed by atoms with van der Waals surface area (Å²) in [6.07, 6.45) is 1.02. The standard InChI is InChI=1S/C30H37N5O8/c1-16(2)26(30(42)43)35-28(40)23(11-12-25(37)38)33-29(41)24(14-18-15-32-22-6-4-3-5-20(18)22)34-27(39)21(31)13-17-7-9-19(36)10-8-17/h3-10,15-16,21,23-24,26,32,36H,11-14,31H2,1-2H3,(H,33,41)(H,34,39)(H,35,40)(H,37,38)(H,42,43). The van der Waals surface area contributed by atoms with Gasteiger partial charge in [-0.3, -0.25) is 19.2 Å². The molecule has 13 nitrogen and oxygen atoms in total. The van der Waals surface area contributed by atoms with Crippen LogP contribution in [0, 0.1) is 5.92 Å². The van der Waals surface area contributed by atoms with Gasteiger partial charge in [0.1, 0.15) is 23.9 Å². The number of nitrogens with two attached hydrogens (primary N) is 1. The van der Waals surface area contributed by atoms with Crippen molar-refractivity contribution in [3.63, 3.8) is 0 Å². The fourth-order valence-electron chi connectivity index (χ4n) is 4.56. The Morgan fingerprint density at radius 1 is 0.837 bits per heavy atom. The van der Waals surface area contributed by atoms with Gasteiger partial charge < -0.3 is 42.0 Å². The van der Waals surface area contributed by atoms with Gasteiger partial charge in [-0.05, 0) is 48.1 Å². The number of para-hydroxylation sites is 1. The zero-order valence-electron chi connectivity index (χ0n) is 23.9. The van der Waals surface area contributed by atoms with E-state index in [4.69, 9.17) is 5.73 Å². The van der Waals surface area contributed by atoms with Gasteiger partial charge in [0.05, 0.1) is 6.04 Å². The first-order valence-corrected chi connectivity index (χ1v) is 13.8. The minimum Gasteiger partial charge on any atom is -0.508 e. The molecule has 230 valence electrons. The fraction of sp³-hybridized carbons (Fsp3) is 0.367. The fourth-order valence-corrected chi connectivity index (χ4v) is 4.56. The molecule has 3 rings (SSSR count). The average Bonchev–Trinajstić information content (AvgIpc) is 3.36. The lowest BCUT2D eigenvalue weighted by atomic mass is 10.0. The van der Waals surface area contributed by atoms with Gasteiger partial charge in [-0.1, -0.05) is 44.2 Å². The molecule has 3 amide bonds. The highest BCUT2D eigenvalue weighted by atomic mass is 16.4. The van der Waals surface area contributed by atoms with Crippen LogP contribution in [0.25, 0.3) is 10.9 Å². The Labute approximate surface area is 247 Å². The maximum atomic E-state index is 13.6. The number of aliphatic carboxylic acids is 2. The van der Waals surface area contributed by atoms with Crippen LogP contribution in [0.3, 0.4) is 0 Å². The van der Waals surface area contributed by atoms with E-state index in [1.807, 2.05) is 24.3 Å². The highest BCUT2D eigenvalue weighted by molar-refractivity contribution is 5.95. The lowest BCUT2D eigenvalue weighted by Crippen LogP contribution is -2.58. The molecule has 4 atom stereocenters. The van der Waals surface area contributed by atoms with Gasteiger partial charge in [-0.25, -0.2) is 4.79 Å². The molecular formula is C30H37N5O8. The second-order valence-electron chi connectivity index (χ2n) is 10.7. The molecule has 0 radical (unpaired) electrons. The zero-order chi connectivity index (χ0) is 31.7. The number of carboxylic acids is 2. The molecule has 13 heteroatoms. The number of aromatic amines is 1. The van der Waals surface area contributed by atoms with Crippen LogP contribution in [-0.4, -0.2) is 74.1 Å². The Hall–Kier alpha value is -4.91. The molecule has 0 aliphatic carbocycles. The maximum Gasteiger partial charge on any atom is 0.326 e. The largest absolute Gasteiger partial charge is 0.508 e. The van der Waals surface area contributed by atoms with Crippen molar-refractivity contribution in [2.45, 2.75) is 63.7 Å². The predicted octanol–water partition coefficient (Wildman–Crippen LogP) is 1.05. The lowest BCUT2D eigenvalue weighted by molar-refractivity contribution is -0.144. The molecule has 2 aromatic carbocycles. The van der Waals surface area contributed by atoms with Crippen LogP contribution in [-0.2, 0) is 36.8 Å². The zero-order valence-corrected chi connectivity index (χ0v) is 23.9. The summed E-state index contributed by atoms with van der Waals surface area (Å²) in [5.74, 6) is -5.21. The Kier molecular flexibility index (Phi) is 11.2. The highest BCUT2D eigenvalue weighted by Crippen LogP contribution is 2.20. The number of aromatic hydroxyl groups is 1. The van der Waals surface area contributed by atoms with Crippen molar-refractivity contribution < 1.29 is 39.3 Å². The van der Waals surface area contributed by atoms with Crippen molar-refractivity contribution in [1.29, 1.82) is 0 Å². The van der Waals surface area contributed by atoms with Crippen LogP contribution in [0.15, 0.2) is 54.7 Å². The summed E-state index contributed by atoms with van der Waals surface area (Å²) in [4.78, 5) is 65.9. The number of phenolic OH excluding ortho intramolecular Hbond substituents is 1. The first-order chi connectivity index (χ1) is 20.3. The third-order valence-electron chi connectivity index (χ3n) is 6.97. The highest BCUT2D eigenvalue weighted by Gasteiger charge is 2.32. The van der Waals surface area contributed by atoms with Crippen LogP contribution in [0.1, 0.15) is 37.8 Å². The molecule has 9 N–H and O–H groups in total. The number of carbonyl (C=O) groups excluding carboxylic acids is 3. The van der Waals surface area contributed by atoms with Gasteiger partial charge in [0, 0.05) is 29.9 Å². The number of phenols is 1. The molecule has 0 aliphatic rings. The van der Waals surface area contributed by atoms with E-state index in [0.29, 0.717) is 11.1 Å². The molecule has 0 spiro atoms. The van der Waals surface area contributed by atoms with E-state index in [2.05, 4.69) is 20.9 Å². The van der Waals surface area contributed by atoms with Crippen molar-refractivity contribution in [1.82, 2.24) is 20.9 Å². The number of H-pyrrole nitrogens is 1. The minimum absolute atomic E-state index is 0.00449. The molecule has 0 bridgehead atoms. The first-order valence-electron chi connectivity index (χ1n) is 13.8. The lowest BCUT2D eigenvalue weighted by Gasteiger charge is -2.26. The van der Waals surface area contributed by atoms with E-state index in [0.717, 1.165) is 10.9 Å². The Balaban J connectivity index is 1.85. The second kappa shape index (κ2) is 14.8. The smallest absolute Gasteiger partial charge is 0.326 e. The minimum atomic E-state index is -1.39. The van der Waals surface area contributed by atoms with E-state index in [1.165, 1.54) is 12.1 Å². The number of hydrogen-bond acceptors (Lipinski definition) is 7. The summed E-state index contributed by atoms with van der Waals surface area (Å²) in [5, 5.41) is 36.6. The van der Waals surface area contributed by atoms with E-state index >= 15 is 0 Å². The van der Waals surface area contributed by atoms with Gasteiger partial charge in [0.15, 0.2) is 0 Å². The average molecular weight is 596 g/mol. The number of aromatic nitrogens is 1. The van der Waals surface area contributed by atoms with E-state index in [9.17, 15) is 39.3 Å². The number of amides is 3. The van der Waals surface area contributed by atoms with Crippen molar-refractivity contribution in [3.8, 4) is 5.75 Å². The number of rotatable bonds is 15. The van der Waals surface area contributed by atoms with E-state index in [-0.39, 0.29) is 25.0 Å². The van der Waals surface area contributed by atoms with Crippen LogP contribution in [0.4, 0.5) is 0 Å². The monoisotopic (exact) mass is 595 g/mol. The molecule has 3 aromatic rings.